The highest BCUT2D eigenvalue weighted by molar-refractivity contribution is 6.16. The van der Waals surface area contributed by atoms with Crippen LogP contribution in [-0.4, -0.2) is 42.0 Å². The van der Waals surface area contributed by atoms with Gasteiger partial charge in [-0.25, -0.2) is 9.94 Å². The third kappa shape index (κ3) is 6.65. The summed E-state index contributed by atoms with van der Waals surface area (Å²) in [6.45, 7) is 5.64. The first-order valence-electron chi connectivity index (χ1n) is 17.2. The van der Waals surface area contributed by atoms with E-state index in [-0.39, 0.29) is 30.0 Å². The highest BCUT2D eigenvalue weighted by Crippen LogP contribution is 2.33. The number of aliphatic hydroxyl groups is 1. The molecule has 0 unspecified atom stereocenters. The van der Waals surface area contributed by atoms with Gasteiger partial charge in [0, 0.05) is 23.6 Å². The third-order valence-corrected chi connectivity index (χ3v) is 9.69. The van der Waals surface area contributed by atoms with Crippen LogP contribution in [0.25, 0.3) is 16.9 Å². The SMILES string of the molecule is CCCc1c(Cc2ccc(-c3ccccc3)c(C3=NNC(=O)C3)c2)c(=O)n(C2CCC(Oc3ccc(C(C)(C)O)cc3)CC2)c2ncnn12. The molecule has 1 aliphatic carbocycles. The zero-order valence-electron chi connectivity index (χ0n) is 28.2. The van der Waals surface area contributed by atoms with Crippen molar-refractivity contribution in [1.82, 2.24) is 24.6 Å². The van der Waals surface area contributed by atoms with Crippen LogP contribution in [0.4, 0.5) is 0 Å². The molecule has 0 atom stereocenters. The van der Waals surface area contributed by atoms with Gasteiger partial charge in [0.25, 0.3) is 5.56 Å². The van der Waals surface area contributed by atoms with Crippen LogP contribution < -0.4 is 15.7 Å². The monoisotopic (exact) mass is 658 g/mol. The van der Waals surface area contributed by atoms with Crippen molar-refractivity contribution in [2.75, 3.05) is 0 Å². The van der Waals surface area contributed by atoms with E-state index in [1.165, 1.54) is 6.33 Å². The van der Waals surface area contributed by atoms with Crippen molar-refractivity contribution < 1.29 is 14.6 Å². The molecule has 3 aromatic carbocycles. The Balaban J connectivity index is 1.19. The van der Waals surface area contributed by atoms with E-state index in [0.29, 0.717) is 29.9 Å². The van der Waals surface area contributed by atoms with Gasteiger partial charge < -0.3 is 9.84 Å². The molecule has 0 spiro atoms. The van der Waals surface area contributed by atoms with Crippen LogP contribution >= 0.6 is 0 Å². The van der Waals surface area contributed by atoms with Gasteiger partial charge in [-0.1, -0.05) is 67.9 Å². The summed E-state index contributed by atoms with van der Waals surface area (Å²) in [7, 11) is 0. The summed E-state index contributed by atoms with van der Waals surface area (Å²) < 4.78 is 10.0. The first-order valence-corrected chi connectivity index (χ1v) is 17.2. The topological polar surface area (TPSA) is 123 Å². The molecule has 1 aliphatic heterocycles. The summed E-state index contributed by atoms with van der Waals surface area (Å²) in [5, 5.41) is 19.3. The van der Waals surface area contributed by atoms with E-state index < -0.39 is 5.60 Å². The van der Waals surface area contributed by atoms with Crippen LogP contribution in [0.15, 0.2) is 89.0 Å². The molecule has 7 rings (SSSR count). The molecule has 0 saturated heterocycles. The Morgan fingerprint density at radius 1 is 0.959 bits per heavy atom. The molecule has 10 heteroatoms. The van der Waals surface area contributed by atoms with E-state index in [4.69, 9.17) is 4.74 Å². The number of benzene rings is 3. The average Bonchev–Trinajstić information content (AvgIpc) is 3.77. The molecule has 3 heterocycles. The summed E-state index contributed by atoms with van der Waals surface area (Å²) in [5.41, 5.74) is 8.66. The van der Waals surface area contributed by atoms with Gasteiger partial charge in [0.15, 0.2) is 0 Å². The molecule has 2 N–H and O–H groups in total. The summed E-state index contributed by atoms with van der Waals surface area (Å²) in [4.78, 5) is 31.3. The molecule has 5 aromatic rings. The van der Waals surface area contributed by atoms with Crippen LogP contribution in [0.5, 0.6) is 5.75 Å². The lowest BCUT2D eigenvalue weighted by molar-refractivity contribution is -0.119. The number of hydrazone groups is 1. The van der Waals surface area contributed by atoms with Crippen LogP contribution in [-0.2, 0) is 23.2 Å². The smallest absolute Gasteiger partial charge is 0.259 e. The number of hydrogen-bond donors (Lipinski definition) is 2. The minimum Gasteiger partial charge on any atom is -0.490 e. The number of amides is 1. The predicted molar refractivity (Wildman–Crippen MR) is 189 cm³/mol. The van der Waals surface area contributed by atoms with Gasteiger partial charge in [0.2, 0.25) is 11.7 Å². The van der Waals surface area contributed by atoms with E-state index in [2.05, 4.69) is 45.7 Å². The Bertz CT molecular complexity index is 2070. The molecule has 252 valence electrons. The number of hydrogen-bond acceptors (Lipinski definition) is 7. The number of aryl methyl sites for hydroxylation is 1. The summed E-state index contributed by atoms with van der Waals surface area (Å²) in [6.07, 6.45) is 6.90. The Morgan fingerprint density at radius 3 is 2.39 bits per heavy atom. The van der Waals surface area contributed by atoms with Crippen molar-refractivity contribution in [3.8, 4) is 16.9 Å². The molecule has 1 saturated carbocycles. The van der Waals surface area contributed by atoms with Crippen LogP contribution in [0, 0.1) is 0 Å². The quantitative estimate of drug-likeness (QED) is 0.187. The molecule has 0 radical (unpaired) electrons. The number of ether oxygens (including phenoxy) is 1. The predicted octanol–water partition coefficient (Wildman–Crippen LogP) is 6.12. The second kappa shape index (κ2) is 13.4. The number of carbonyl (C=O) groups is 1. The summed E-state index contributed by atoms with van der Waals surface area (Å²) in [5.74, 6) is 1.22. The largest absolute Gasteiger partial charge is 0.490 e. The number of nitrogens with one attached hydrogen (secondary N) is 1. The van der Waals surface area contributed by atoms with Crippen LogP contribution in [0.3, 0.4) is 0 Å². The second-order valence-corrected chi connectivity index (χ2v) is 13.6. The number of nitrogens with zero attached hydrogens (tertiary/aromatic N) is 5. The van der Waals surface area contributed by atoms with Crippen molar-refractivity contribution in [1.29, 1.82) is 0 Å². The zero-order chi connectivity index (χ0) is 34.1. The van der Waals surface area contributed by atoms with Gasteiger partial charge in [-0.3, -0.25) is 14.2 Å². The van der Waals surface area contributed by atoms with Gasteiger partial charge in [-0.15, -0.1) is 0 Å². The van der Waals surface area contributed by atoms with Gasteiger partial charge in [-0.05, 0) is 86.4 Å². The fourth-order valence-corrected chi connectivity index (χ4v) is 7.16. The van der Waals surface area contributed by atoms with E-state index in [1.54, 1.807) is 13.8 Å². The lowest BCUT2D eigenvalue weighted by Crippen LogP contribution is -2.35. The number of carbonyl (C=O) groups excluding carboxylic acids is 1. The van der Waals surface area contributed by atoms with Crippen molar-refractivity contribution >= 4 is 17.4 Å². The molecule has 1 amide bonds. The molecule has 10 nitrogen and oxygen atoms in total. The van der Waals surface area contributed by atoms with Gasteiger partial charge in [-0.2, -0.15) is 15.2 Å². The van der Waals surface area contributed by atoms with Gasteiger partial charge >= 0.3 is 0 Å². The lowest BCUT2D eigenvalue weighted by Gasteiger charge is -2.31. The molecule has 2 aliphatic rings. The normalized spacial score (nSPS) is 18.0. The summed E-state index contributed by atoms with van der Waals surface area (Å²) >= 11 is 0. The maximum Gasteiger partial charge on any atom is 0.259 e. The van der Waals surface area contributed by atoms with Crippen molar-refractivity contribution in [2.45, 2.75) is 89.9 Å². The minimum atomic E-state index is -0.904. The number of fused-ring (bicyclic) bond motifs is 1. The highest BCUT2D eigenvalue weighted by atomic mass is 16.5. The Hall–Kier alpha value is -5.09. The average molecular weight is 659 g/mol. The minimum absolute atomic E-state index is 0.0285. The van der Waals surface area contributed by atoms with Crippen LogP contribution in [0.2, 0.25) is 0 Å². The third-order valence-electron chi connectivity index (χ3n) is 9.69. The molecule has 2 aromatic heterocycles. The number of aromatic nitrogens is 4. The molecule has 49 heavy (non-hydrogen) atoms. The molecular formula is C39H42N6O4. The van der Waals surface area contributed by atoms with Crippen molar-refractivity contribution in [3.05, 3.63) is 117 Å². The Labute approximate surface area is 285 Å². The standard InChI is InChI=1S/C39H42N6O4/c1-4-8-35-33(22-25-11-20-31(26-9-6-5-7-10-26)32(21-25)34-23-36(46)43-42-34)37(47)44(38-40-24-41-45(35)38)28-14-18-30(19-15-28)49-29-16-12-27(13-17-29)39(2,3)48/h5-7,9-13,16-17,20-21,24,28,30,48H,4,8,14-15,18-19,22-23H2,1-3H3,(H,43,46). The maximum atomic E-state index is 14.6. The van der Waals surface area contributed by atoms with E-state index in [0.717, 1.165) is 71.4 Å². The molecule has 0 bridgehead atoms. The highest BCUT2D eigenvalue weighted by Gasteiger charge is 2.29. The van der Waals surface area contributed by atoms with Gasteiger partial charge in [0.1, 0.15) is 12.1 Å². The first-order chi connectivity index (χ1) is 23.7. The second-order valence-electron chi connectivity index (χ2n) is 13.6. The van der Waals surface area contributed by atoms with E-state index in [1.807, 2.05) is 63.7 Å². The molecular weight excluding hydrogens is 616 g/mol. The number of rotatable bonds is 10. The first kappa shape index (κ1) is 32.5. The van der Waals surface area contributed by atoms with Crippen LogP contribution in [0.1, 0.15) is 93.3 Å². The van der Waals surface area contributed by atoms with Gasteiger partial charge in [0.05, 0.1) is 29.5 Å². The fourth-order valence-electron chi connectivity index (χ4n) is 7.16. The van der Waals surface area contributed by atoms with Crippen molar-refractivity contribution in [2.24, 2.45) is 5.10 Å². The fraction of sp³-hybridized carbons (Fsp3) is 0.359. The van der Waals surface area contributed by atoms with E-state index in [9.17, 15) is 14.7 Å². The Kier molecular flexibility index (Phi) is 8.90. The Morgan fingerprint density at radius 2 is 1.71 bits per heavy atom. The lowest BCUT2D eigenvalue weighted by atomic mass is 9.91. The maximum absolute atomic E-state index is 14.6. The summed E-state index contributed by atoms with van der Waals surface area (Å²) in [6, 6.07) is 23.9. The van der Waals surface area contributed by atoms with Crippen molar-refractivity contribution in [3.63, 3.8) is 0 Å². The molecule has 1 fully saturated rings. The zero-order valence-corrected chi connectivity index (χ0v) is 28.2. The van der Waals surface area contributed by atoms with E-state index >= 15 is 0 Å².